The quantitative estimate of drug-likeness (QED) is 0.237. The lowest BCUT2D eigenvalue weighted by Gasteiger charge is -2.16. The molecule has 7 heteroatoms. The van der Waals surface area contributed by atoms with Gasteiger partial charge in [-0.15, -0.1) is 11.8 Å². The van der Waals surface area contributed by atoms with Gasteiger partial charge >= 0.3 is 0 Å². The van der Waals surface area contributed by atoms with Crippen LogP contribution in [0.25, 0.3) is 22.4 Å². The van der Waals surface area contributed by atoms with Crippen molar-refractivity contribution in [1.29, 1.82) is 5.26 Å². The van der Waals surface area contributed by atoms with E-state index in [0.717, 1.165) is 33.6 Å². The maximum Gasteiger partial charge on any atom is 0.225 e. The van der Waals surface area contributed by atoms with Gasteiger partial charge in [0.15, 0.2) is 0 Å². The summed E-state index contributed by atoms with van der Waals surface area (Å²) in [5.74, 6) is 1.65. The lowest BCUT2D eigenvalue weighted by molar-refractivity contribution is -0.115. The summed E-state index contributed by atoms with van der Waals surface area (Å²) >= 11 is 1.39. The van der Waals surface area contributed by atoms with Crippen molar-refractivity contribution < 1.29 is 14.3 Å². The zero-order chi connectivity index (χ0) is 27.1. The Hall–Kier alpha value is -4.28. The number of amides is 1. The number of nitriles is 1. The number of carbonyl (C=O) groups excluding carboxylic acids is 1. The van der Waals surface area contributed by atoms with Gasteiger partial charge in [0.2, 0.25) is 5.91 Å². The number of carbonyl (C=O) groups is 1. The molecule has 0 unspecified atom stereocenters. The lowest BCUT2D eigenvalue weighted by atomic mass is 9.98. The Morgan fingerprint density at radius 3 is 2.45 bits per heavy atom. The zero-order valence-corrected chi connectivity index (χ0v) is 22.7. The number of methoxy groups -OCH3 is 2. The average molecular weight is 524 g/mol. The molecule has 0 fully saturated rings. The van der Waals surface area contributed by atoms with Crippen molar-refractivity contribution in [2.75, 3.05) is 25.3 Å². The number of pyridine rings is 1. The molecule has 0 bridgehead atoms. The first-order valence-electron chi connectivity index (χ1n) is 12.2. The van der Waals surface area contributed by atoms with Crippen molar-refractivity contribution in [3.8, 4) is 40.0 Å². The number of hydrogen-bond donors (Lipinski definition) is 1. The van der Waals surface area contributed by atoms with Crippen molar-refractivity contribution in [3.63, 3.8) is 0 Å². The standard InChI is InChI=1S/C31H29N3O3S/c1-20-10-12-27(21(2)16-20)33-30(35)14-15-38-31-26(19-32)24(18-28(34-31)22-8-6-5-7-9-22)25-17-23(36-3)11-13-29(25)37-4/h5-13,16-18H,14-15H2,1-4H3,(H,33,35). The highest BCUT2D eigenvalue weighted by atomic mass is 32.2. The van der Waals surface area contributed by atoms with Crippen LogP contribution in [0.3, 0.4) is 0 Å². The number of aryl methyl sites for hydroxylation is 2. The molecule has 1 aromatic heterocycles. The van der Waals surface area contributed by atoms with Crippen LogP contribution in [0.15, 0.2) is 77.8 Å². The minimum absolute atomic E-state index is 0.0862. The Balaban J connectivity index is 1.67. The number of benzene rings is 3. The molecule has 0 aliphatic carbocycles. The minimum atomic E-state index is -0.0862. The second-order valence-corrected chi connectivity index (χ2v) is 9.83. The third kappa shape index (κ3) is 6.16. The van der Waals surface area contributed by atoms with Gasteiger partial charge < -0.3 is 14.8 Å². The third-order valence-electron chi connectivity index (χ3n) is 6.09. The number of nitrogens with zero attached hydrogens (tertiary/aromatic N) is 2. The largest absolute Gasteiger partial charge is 0.497 e. The molecule has 1 N–H and O–H groups in total. The average Bonchev–Trinajstić information content (AvgIpc) is 2.94. The molecule has 0 aliphatic heterocycles. The maximum absolute atomic E-state index is 12.7. The highest BCUT2D eigenvalue weighted by molar-refractivity contribution is 7.99. The number of nitrogens with one attached hydrogen (secondary N) is 1. The van der Waals surface area contributed by atoms with Crippen LogP contribution in [0, 0.1) is 25.2 Å². The van der Waals surface area contributed by atoms with Gasteiger partial charge in [0, 0.05) is 34.6 Å². The summed E-state index contributed by atoms with van der Waals surface area (Å²) in [5, 5.41) is 13.8. The summed E-state index contributed by atoms with van der Waals surface area (Å²) in [4.78, 5) is 17.5. The minimum Gasteiger partial charge on any atom is -0.497 e. The zero-order valence-electron chi connectivity index (χ0n) is 21.9. The molecular formula is C31H29N3O3S. The summed E-state index contributed by atoms with van der Waals surface area (Å²) in [7, 11) is 3.20. The van der Waals surface area contributed by atoms with Crippen LogP contribution in [0.1, 0.15) is 23.1 Å². The molecule has 0 radical (unpaired) electrons. The van der Waals surface area contributed by atoms with Crippen molar-refractivity contribution in [3.05, 3.63) is 89.5 Å². The third-order valence-corrected chi connectivity index (χ3v) is 7.07. The first-order valence-corrected chi connectivity index (χ1v) is 13.1. The fraction of sp³-hybridized carbons (Fsp3) is 0.194. The number of ether oxygens (including phenoxy) is 2. The van der Waals surface area contributed by atoms with Crippen molar-refractivity contribution in [2.45, 2.75) is 25.3 Å². The summed E-state index contributed by atoms with van der Waals surface area (Å²) in [6, 6.07) is 25.5. The fourth-order valence-electron chi connectivity index (χ4n) is 4.13. The van der Waals surface area contributed by atoms with Gasteiger partial charge in [-0.3, -0.25) is 4.79 Å². The molecule has 0 aliphatic rings. The van der Waals surface area contributed by atoms with Crippen LogP contribution in [0.5, 0.6) is 11.5 Å². The normalized spacial score (nSPS) is 10.5. The number of thioether (sulfide) groups is 1. The fourth-order valence-corrected chi connectivity index (χ4v) is 5.08. The van der Waals surface area contributed by atoms with Crippen LogP contribution >= 0.6 is 11.8 Å². The number of anilines is 1. The van der Waals surface area contributed by atoms with Gasteiger partial charge in [-0.25, -0.2) is 4.98 Å². The molecule has 6 nitrogen and oxygen atoms in total. The van der Waals surface area contributed by atoms with E-state index >= 15 is 0 Å². The lowest BCUT2D eigenvalue weighted by Crippen LogP contribution is -2.13. The van der Waals surface area contributed by atoms with E-state index < -0.39 is 0 Å². The second kappa shape index (κ2) is 12.3. The van der Waals surface area contributed by atoms with Gasteiger partial charge in [0.05, 0.1) is 25.5 Å². The van der Waals surface area contributed by atoms with Crippen LogP contribution < -0.4 is 14.8 Å². The Morgan fingerprint density at radius 1 is 0.974 bits per heavy atom. The van der Waals surface area contributed by atoms with Gasteiger partial charge in [0.25, 0.3) is 0 Å². The maximum atomic E-state index is 12.7. The Kier molecular flexibility index (Phi) is 8.67. The molecule has 0 atom stereocenters. The smallest absolute Gasteiger partial charge is 0.225 e. The SMILES string of the molecule is COc1ccc(OC)c(-c2cc(-c3ccccc3)nc(SCCC(=O)Nc3ccc(C)cc3C)c2C#N)c1. The summed E-state index contributed by atoms with van der Waals surface area (Å²) in [5.41, 5.74) is 6.48. The topological polar surface area (TPSA) is 84.2 Å². The molecule has 4 rings (SSSR count). The van der Waals surface area contributed by atoms with Gasteiger partial charge in [-0.2, -0.15) is 5.26 Å². The first-order chi connectivity index (χ1) is 18.4. The van der Waals surface area contributed by atoms with Crippen molar-refractivity contribution in [1.82, 2.24) is 4.98 Å². The number of rotatable bonds is 9. The van der Waals surface area contributed by atoms with Crippen LogP contribution in [0.4, 0.5) is 5.69 Å². The monoisotopic (exact) mass is 523 g/mol. The summed E-state index contributed by atoms with van der Waals surface area (Å²) < 4.78 is 11.1. The van der Waals surface area contributed by atoms with E-state index in [2.05, 4.69) is 11.4 Å². The Morgan fingerprint density at radius 2 is 1.76 bits per heavy atom. The molecule has 4 aromatic rings. The van der Waals surface area contributed by atoms with Gasteiger partial charge in [-0.1, -0.05) is 48.0 Å². The van der Waals surface area contributed by atoms with Gasteiger partial charge in [-0.05, 0) is 49.7 Å². The van der Waals surface area contributed by atoms with Crippen LogP contribution in [-0.4, -0.2) is 30.9 Å². The summed E-state index contributed by atoms with van der Waals surface area (Å²) in [6.45, 7) is 4.00. The van der Waals surface area contributed by atoms with E-state index in [4.69, 9.17) is 14.5 Å². The Labute approximate surface area is 227 Å². The molecular weight excluding hydrogens is 494 g/mol. The molecule has 0 saturated heterocycles. The van der Waals surface area contributed by atoms with E-state index in [9.17, 15) is 10.1 Å². The molecule has 0 spiro atoms. The first kappa shape index (κ1) is 26.8. The van der Waals surface area contributed by atoms with E-state index in [-0.39, 0.29) is 12.3 Å². The number of hydrogen-bond acceptors (Lipinski definition) is 6. The molecule has 38 heavy (non-hydrogen) atoms. The van der Waals surface area contributed by atoms with Crippen LogP contribution in [0.2, 0.25) is 0 Å². The molecule has 3 aromatic carbocycles. The molecule has 192 valence electrons. The Bertz CT molecular complexity index is 1500. The van der Waals surface area contributed by atoms with Crippen LogP contribution in [-0.2, 0) is 4.79 Å². The molecule has 1 amide bonds. The van der Waals surface area contributed by atoms with E-state index in [0.29, 0.717) is 33.4 Å². The highest BCUT2D eigenvalue weighted by Gasteiger charge is 2.19. The van der Waals surface area contributed by atoms with E-state index in [1.165, 1.54) is 11.8 Å². The highest BCUT2D eigenvalue weighted by Crippen LogP contribution is 2.40. The van der Waals surface area contributed by atoms with Gasteiger partial charge in [0.1, 0.15) is 22.6 Å². The predicted octanol–water partition coefficient (Wildman–Crippen LogP) is 7.04. The predicted molar refractivity (Wildman–Crippen MR) is 153 cm³/mol. The second-order valence-electron chi connectivity index (χ2n) is 8.74. The molecule has 0 saturated carbocycles. The van der Waals surface area contributed by atoms with E-state index in [1.807, 2.05) is 86.6 Å². The van der Waals surface area contributed by atoms with E-state index in [1.54, 1.807) is 14.2 Å². The molecule has 1 heterocycles. The summed E-state index contributed by atoms with van der Waals surface area (Å²) in [6.07, 6.45) is 0.276. The van der Waals surface area contributed by atoms with Crippen molar-refractivity contribution >= 4 is 23.4 Å². The number of aromatic nitrogens is 1. The van der Waals surface area contributed by atoms with Crippen molar-refractivity contribution in [2.24, 2.45) is 0 Å².